The number of anilines is 2. The number of aromatic nitrogens is 2. The zero-order valence-corrected chi connectivity index (χ0v) is 14.5. The van der Waals surface area contributed by atoms with Crippen LogP contribution in [0.3, 0.4) is 0 Å². The van der Waals surface area contributed by atoms with Gasteiger partial charge in [0.2, 0.25) is 0 Å². The molecule has 1 aromatic carbocycles. The summed E-state index contributed by atoms with van der Waals surface area (Å²) in [5.41, 5.74) is 4.70. The summed E-state index contributed by atoms with van der Waals surface area (Å²) < 4.78 is 2.26. The van der Waals surface area contributed by atoms with Crippen LogP contribution in [0.2, 0.25) is 0 Å². The van der Waals surface area contributed by atoms with E-state index in [1.54, 1.807) is 0 Å². The number of hydrogen-bond donors (Lipinski definition) is 2. The van der Waals surface area contributed by atoms with Crippen molar-refractivity contribution in [2.24, 2.45) is 0 Å². The Hall–Kier alpha value is -2.79. The molecule has 0 saturated carbocycles. The van der Waals surface area contributed by atoms with Crippen molar-refractivity contribution in [2.45, 2.75) is 25.0 Å². The Labute approximate surface area is 152 Å². The van der Waals surface area contributed by atoms with Gasteiger partial charge in [-0.05, 0) is 43.2 Å². The molecule has 5 nitrogen and oxygen atoms in total. The predicted octanol–water partition coefficient (Wildman–Crippen LogP) is 3.35. The molecule has 5 heteroatoms. The molecule has 1 unspecified atom stereocenters. The number of pyridine rings is 1. The molecule has 3 aromatic rings. The molecule has 2 aromatic heterocycles. The molecule has 0 spiro atoms. The molecule has 26 heavy (non-hydrogen) atoms. The van der Waals surface area contributed by atoms with Crippen molar-refractivity contribution in [1.29, 1.82) is 0 Å². The van der Waals surface area contributed by atoms with E-state index in [4.69, 9.17) is 4.98 Å². The molecule has 1 saturated heterocycles. The van der Waals surface area contributed by atoms with Gasteiger partial charge in [-0.3, -0.25) is 0 Å². The largest absolute Gasteiger partial charge is 0.393 e. The molecule has 2 aliphatic rings. The number of fused-ring (bicyclic) bond motifs is 3. The number of nitrogens with one attached hydrogen (secondary N) is 1. The Bertz CT molecular complexity index is 927. The quantitative estimate of drug-likeness (QED) is 0.747. The minimum Gasteiger partial charge on any atom is -0.393 e. The van der Waals surface area contributed by atoms with Crippen molar-refractivity contribution in [1.82, 2.24) is 9.55 Å². The molecular weight excluding hydrogens is 324 g/mol. The summed E-state index contributed by atoms with van der Waals surface area (Å²) >= 11 is 0. The molecule has 0 bridgehead atoms. The van der Waals surface area contributed by atoms with Crippen LogP contribution in [0, 0.1) is 0 Å². The number of hydrogen-bond acceptors (Lipinski definition) is 4. The number of aliphatic hydroxyl groups excluding tert-OH is 1. The van der Waals surface area contributed by atoms with Crippen LogP contribution in [-0.4, -0.2) is 33.9 Å². The lowest BCUT2D eigenvalue weighted by Gasteiger charge is -2.35. The van der Waals surface area contributed by atoms with Gasteiger partial charge in [-0.15, -0.1) is 0 Å². The Balaban J connectivity index is 1.58. The molecule has 4 heterocycles. The summed E-state index contributed by atoms with van der Waals surface area (Å²) in [6.07, 6.45) is 5.39. The van der Waals surface area contributed by atoms with E-state index in [2.05, 4.69) is 63.4 Å². The van der Waals surface area contributed by atoms with Crippen molar-refractivity contribution >= 4 is 11.5 Å². The van der Waals surface area contributed by atoms with Crippen LogP contribution in [0.1, 0.15) is 30.1 Å². The van der Waals surface area contributed by atoms with Crippen molar-refractivity contribution in [3.05, 3.63) is 72.2 Å². The van der Waals surface area contributed by atoms with E-state index in [-0.39, 0.29) is 12.1 Å². The average molecular weight is 346 g/mol. The number of nitrogens with zero attached hydrogens (tertiary/aromatic N) is 3. The zero-order chi connectivity index (χ0) is 17.5. The van der Waals surface area contributed by atoms with Crippen LogP contribution in [-0.2, 0) is 0 Å². The van der Waals surface area contributed by atoms with E-state index in [9.17, 15) is 5.11 Å². The molecule has 1 atom stereocenters. The number of benzene rings is 1. The fourth-order valence-corrected chi connectivity index (χ4v) is 4.10. The van der Waals surface area contributed by atoms with Gasteiger partial charge in [0.05, 0.1) is 23.5 Å². The molecule has 132 valence electrons. The lowest BCUT2D eigenvalue weighted by atomic mass is 9.99. The average Bonchev–Trinajstić information content (AvgIpc) is 3.18. The van der Waals surface area contributed by atoms with Crippen LogP contribution in [0.25, 0.3) is 5.69 Å². The summed E-state index contributed by atoms with van der Waals surface area (Å²) in [6.45, 7) is 1.69. The summed E-state index contributed by atoms with van der Waals surface area (Å²) in [6, 6.07) is 16.9. The molecule has 1 fully saturated rings. The van der Waals surface area contributed by atoms with Gasteiger partial charge >= 0.3 is 0 Å². The fourth-order valence-electron chi connectivity index (χ4n) is 4.10. The topological polar surface area (TPSA) is 53.3 Å². The van der Waals surface area contributed by atoms with Gasteiger partial charge in [-0.2, -0.15) is 0 Å². The summed E-state index contributed by atoms with van der Waals surface area (Å²) in [4.78, 5) is 7.01. The maximum absolute atomic E-state index is 9.84. The van der Waals surface area contributed by atoms with Crippen LogP contribution in [0.4, 0.5) is 11.5 Å². The SMILES string of the molecule is OC1CCN(c2ncccc2C2Nc3ccccc3-n3cccc32)CC1. The van der Waals surface area contributed by atoms with Crippen molar-refractivity contribution in [3.63, 3.8) is 0 Å². The minimum atomic E-state index is -0.185. The van der Waals surface area contributed by atoms with Gasteiger partial charge in [0.15, 0.2) is 0 Å². The smallest absolute Gasteiger partial charge is 0.134 e. The highest BCUT2D eigenvalue weighted by molar-refractivity contribution is 5.68. The third-order valence-corrected chi connectivity index (χ3v) is 5.43. The third kappa shape index (κ3) is 2.47. The predicted molar refractivity (Wildman–Crippen MR) is 103 cm³/mol. The lowest BCUT2D eigenvalue weighted by molar-refractivity contribution is 0.145. The first-order valence-electron chi connectivity index (χ1n) is 9.22. The highest BCUT2D eigenvalue weighted by Crippen LogP contribution is 2.39. The second kappa shape index (κ2) is 6.18. The van der Waals surface area contributed by atoms with Crippen LogP contribution in [0.5, 0.6) is 0 Å². The van der Waals surface area contributed by atoms with Crippen molar-refractivity contribution < 1.29 is 5.11 Å². The summed E-state index contributed by atoms with van der Waals surface area (Å²) in [5.74, 6) is 1.02. The molecular formula is C21H22N4O. The van der Waals surface area contributed by atoms with Gasteiger partial charge in [0.25, 0.3) is 0 Å². The van der Waals surface area contributed by atoms with Gasteiger partial charge in [-0.25, -0.2) is 4.98 Å². The van der Waals surface area contributed by atoms with E-state index in [0.29, 0.717) is 0 Å². The van der Waals surface area contributed by atoms with E-state index >= 15 is 0 Å². The number of aliphatic hydroxyl groups is 1. The van der Waals surface area contributed by atoms with E-state index in [0.717, 1.165) is 37.4 Å². The molecule has 0 radical (unpaired) electrons. The van der Waals surface area contributed by atoms with Gasteiger partial charge in [0.1, 0.15) is 5.82 Å². The second-order valence-electron chi connectivity index (χ2n) is 7.03. The van der Waals surface area contributed by atoms with Crippen LogP contribution in [0.15, 0.2) is 60.9 Å². The van der Waals surface area contributed by atoms with E-state index in [1.165, 1.54) is 16.9 Å². The summed E-state index contributed by atoms with van der Waals surface area (Å²) in [5, 5.41) is 13.5. The maximum Gasteiger partial charge on any atom is 0.134 e. The van der Waals surface area contributed by atoms with Gasteiger partial charge < -0.3 is 19.9 Å². The third-order valence-electron chi connectivity index (χ3n) is 5.43. The molecule has 0 aliphatic carbocycles. The number of rotatable bonds is 2. The van der Waals surface area contributed by atoms with Crippen LogP contribution < -0.4 is 10.2 Å². The van der Waals surface area contributed by atoms with E-state index in [1.807, 2.05) is 12.3 Å². The Morgan fingerprint density at radius 1 is 1.00 bits per heavy atom. The highest BCUT2D eigenvalue weighted by Gasteiger charge is 2.29. The molecule has 2 N–H and O–H groups in total. The fraction of sp³-hybridized carbons (Fsp3) is 0.286. The van der Waals surface area contributed by atoms with Gasteiger partial charge in [0, 0.05) is 36.7 Å². The summed E-state index contributed by atoms with van der Waals surface area (Å²) in [7, 11) is 0. The van der Waals surface area contributed by atoms with Gasteiger partial charge in [-0.1, -0.05) is 18.2 Å². The van der Waals surface area contributed by atoms with Crippen LogP contribution >= 0.6 is 0 Å². The highest BCUT2D eigenvalue weighted by atomic mass is 16.3. The standard InChI is InChI=1S/C21H22N4O/c26-15-9-13-24(14-10-15)21-16(5-3-11-22-21)20-19-8-4-12-25(19)18-7-2-1-6-17(18)23-20/h1-8,11-12,15,20,23,26H,9-10,13-14H2. The minimum absolute atomic E-state index is 0.0513. The van der Waals surface area contributed by atoms with E-state index < -0.39 is 0 Å². The first-order chi connectivity index (χ1) is 12.8. The molecule has 5 rings (SSSR count). The Morgan fingerprint density at radius 3 is 2.73 bits per heavy atom. The molecule has 0 amide bonds. The van der Waals surface area contributed by atoms with Crippen molar-refractivity contribution in [2.75, 3.05) is 23.3 Å². The first kappa shape index (κ1) is 15.5. The maximum atomic E-state index is 9.84. The Kier molecular flexibility index (Phi) is 3.68. The lowest BCUT2D eigenvalue weighted by Crippen LogP contribution is -2.37. The number of piperidine rings is 1. The second-order valence-corrected chi connectivity index (χ2v) is 7.03. The zero-order valence-electron chi connectivity index (χ0n) is 14.5. The molecule has 2 aliphatic heterocycles. The van der Waals surface area contributed by atoms with Crippen molar-refractivity contribution in [3.8, 4) is 5.69 Å². The Morgan fingerprint density at radius 2 is 1.85 bits per heavy atom. The number of para-hydroxylation sites is 2. The normalized spacial score (nSPS) is 19.6. The monoisotopic (exact) mass is 346 g/mol. The first-order valence-corrected chi connectivity index (χ1v) is 9.22.